The number of benzene rings is 1. The van der Waals surface area contributed by atoms with Crippen LogP contribution in [-0.4, -0.2) is 10.9 Å². The lowest BCUT2D eigenvalue weighted by Crippen LogP contribution is -2.30. The van der Waals surface area contributed by atoms with Crippen molar-refractivity contribution in [1.29, 1.82) is 0 Å². The summed E-state index contributed by atoms with van der Waals surface area (Å²) in [5, 5.41) is 0.638. The Morgan fingerprint density at radius 2 is 2.24 bits per heavy atom. The van der Waals surface area contributed by atoms with Crippen LogP contribution in [0.15, 0.2) is 24.3 Å². The molecular formula is C14H14FN3O2S. The number of nitrogens with zero attached hydrogens (tertiary/aromatic N) is 1. The normalized spacial score (nSPS) is 14.0. The molecular weight excluding hydrogens is 293 g/mol. The van der Waals surface area contributed by atoms with Crippen LogP contribution in [0.25, 0.3) is 0 Å². The second kappa shape index (κ2) is 5.79. The monoisotopic (exact) mass is 307 g/mol. The number of amides is 1. The van der Waals surface area contributed by atoms with Crippen LogP contribution in [0.4, 0.5) is 4.39 Å². The third-order valence-electron chi connectivity index (χ3n) is 3.19. The molecule has 0 bridgehead atoms. The molecule has 2 aromatic rings. The maximum absolute atomic E-state index is 13.5. The summed E-state index contributed by atoms with van der Waals surface area (Å²) in [5.74, 6) is 4.93. The molecule has 3 rings (SSSR count). The van der Waals surface area contributed by atoms with Crippen molar-refractivity contribution >= 4 is 17.2 Å². The number of carbonyl (C=O) groups is 1. The van der Waals surface area contributed by atoms with Crippen molar-refractivity contribution in [3.8, 4) is 5.75 Å². The van der Waals surface area contributed by atoms with Crippen molar-refractivity contribution < 1.29 is 13.9 Å². The zero-order valence-corrected chi connectivity index (χ0v) is 12.0. The van der Waals surface area contributed by atoms with Gasteiger partial charge in [0.25, 0.3) is 5.91 Å². The lowest BCUT2D eigenvalue weighted by Gasteiger charge is -2.04. The van der Waals surface area contributed by atoms with Gasteiger partial charge in [0.05, 0.1) is 5.69 Å². The molecule has 0 spiro atoms. The lowest BCUT2D eigenvalue weighted by atomic mass is 10.2. The second-order valence-electron chi connectivity index (χ2n) is 4.79. The summed E-state index contributed by atoms with van der Waals surface area (Å²) in [6.45, 7) is 0.128. The predicted octanol–water partition coefficient (Wildman–Crippen LogP) is 2.34. The summed E-state index contributed by atoms with van der Waals surface area (Å²) in [6, 6.07) is 6.18. The molecule has 1 aromatic heterocycles. The second-order valence-corrected chi connectivity index (χ2v) is 5.87. The molecule has 5 nitrogen and oxygen atoms in total. The van der Waals surface area contributed by atoms with Crippen LogP contribution in [0.3, 0.4) is 0 Å². The zero-order valence-electron chi connectivity index (χ0n) is 11.1. The average Bonchev–Trinajstić information content (AvgIpc) is 3.26. The molecule has 0 atom stereocenters. The van der Waals surface area contributed by atoms with Gasteiger partial charge >= 0.3 is 0 Å². The Labute approximate surface area is 124 Å². The van der Waals surface area contributed by atoms with Gasteiger partial charge in [-0.3, -0.25) is 10.2 Å². The van der Waals surface area contributed by atoms with Crippen LogP contribution in [0.2, 0.25) is 0 Å². The molecule has 1 aliphatic carbocycles. The number of hydrazine groups is 1. The number of nitrogen functional groups attached to an aromatic ring is 1. The number of halogens is 1. The quantitative estimate of drug-likeness (QED) is 0.505. The number of nitrogens with one attached hydrogen (secondary N) is 1. The van der Waals surface area contributed by atoms with E-state index in [1.54, 1.807) is 18.2 Å². The molecule has 0 unspecified atom stereocenters. The SMILES string of the molecule is NNC(=O)c1sc(COc2ccccc2F)nc1C1CC1. The maximum atomic E-state index is 13.5. The summed E-state index contributed by atoms with van der Waals surface area (Å²) >= 11 is 1.24. The minimum absolute atomic E-state index is 0.128. The Morgan fingerprint density at radius 3 is 2.90 bits per heavy atom. The van der Waals surface area contributed by atoms with Crippen molar-refractivity contribution in [3.63, 3.8) is 0 Å². The first-order valence-electron chi connectivity index (χ1n) is 6.57. The fourth-order valence-corrected chi connectivity index (χ4v) is 2.97. The molecule has 1 aromatic carbocycles. The first kappa shape index (κ1) is 14.0. The van der Waals surface area contributed by atoms with E-state index in [2.05, 4.69) is 10.4 Å². The van der Waals surface area contributed by atoms with Crippen molar-refractivity contribution in [3.05, 3.63) is 45.7 Å². The maximum Gasteiger partial charge on any atom is 0.277 e. The number of hydrogen-bond donors (Lipinski definition) is 2. The first-order valence-corrected chi connectivity index (χ1v) is 7.38. The molecule has 1 fully saturated rings. The molecule has 1 amide bonds. The summed E-state index contributed by atoms with van der Waals surface area (Å²) in [7, 11) is 0. The van der Waals surface area contributed by atoms with Crippen molar-refractivity contribution in [2.45, 2.75) is 25.4 Å². The van der Waals surface area contributed by atoms with Crippen molar-refractivity contribution in [1.82, 2.24) is 10.4 Å². The highest BCUT2D eigenvalue weighted by Crippen LogP contribution is 2.42. The van der Waals surface area contributed by atoms with E-state index in [-0.39, 0.29) is 18.3 Å². The minimum Gasteiger partial charge on any atom is -0.483 e. The van der Waals surface area contributed by atoms with E-state index in [1.807, 2.05) is 0 Å². The Balaban J connectivity index is 1.77. The number of carbonyl (C=O) groups excluding carboxylic acids is 1. The fourth-order valence-electron chi connectivity index (χ4n) is 2.00. The highest BCUT2D eigenvalue weighted by atomic mass is 32.1. The molecule has 110 valence electrons. The van der Waals surface area contributed by atoms with Crippen molar-refractivity contribution in [2.75, 3.05) is 0 Å². The number of rotatable bonds is 5. The Hall–Kier alpha value is -1.99. The molecule has 3 N–H and O–H groups in total. The van der Waals surface area contributed by atoms with E-state index in [1.165, 1.54) is 17.4 Å². The van der Waals surface area contributed by atoms with Gasteiger partial charge in [0, 0.05) is 5.92 Å². The molecule has 21 heavy (non-hydrogen) atoms. The molecule has 1 saturated carbocycles. The topological polar surface area (TPSA) is 77.2 Å². The summed E-state index contributed by atoms with van der Waals surface area (Å²) < 4.78 is 18.9. The van der Waals surface area contributed by atoms with Crippen LogP contribution < -0.4 is 16.0 Å². The molecule has 0 saturated heterocycles. The summed E-state index contributed by atoms with van der Waals surface area (Å²) in [6.07, 6.45) is 2.06. The molecule has 1 aliphatic rings. The van der Waals surface area contributed by atoms with Crippen LogP contribution in [0.1, 0.15) is 39.1 Å². The third kappa shape index (κ3) is 3.03. The Kier molecular flexibility index (Phi) is 3.85. The third-order valence-corrected chi connectivity index (χ3v) is 4.23. The zero-order chi connectivity index (χ0) is 14.8. The molecule has 7 heteroatoms. The average molecular weight is 307 g/mol. The largest absolute Gasteiger partial charge is 0.483 e. The lowest BCUT2D eigenvalue weighted by molar-refractivity contribution is 0.0956. The van der Waals surface area contributed by atoms with E-state index < -0.39 is 5.82 Å². The van der Waals surface area contributed by atoms with Gasteiger partial charge in [0.15, 0.2) is 11.6 Å². The first-order chi connectivity index (χ1) is 10.2. The number of nitrogens with two attached hydrogens (primary N) is 1. The molecule has 1 heterocycles. The van der Waals surface area contributed by atoms with Gasteiger partial charge in [0.2, 0.25) is 0 Å². The van der Waals surface area contributed by atoms with Gasteiger partial charge < -0.3 is 4.74 Å². The van der Waals surface area contributed by atoms with Crippen molar-refractivity contribution in [2.24, 2.45) is 5.84 Å². The number of aromatic nitrogens is 1. The number of para-hydroxylation sites is 1. The van der Waals surface area contributed by atoms with Crippen LogP contribution in [-0.2, 0) is 6.61 Å². The van der Waals surface area contributed by atoms with E-state index in [4.69, 9.17) is 10.6 Å². The van der Waals surface area contributed by atoms with Gasteiger partial charge in [-0.05, 0) is 25.0 Å². The van der Waals surface area contributed by atoms with Crippen LogP contribution >= 0.6 is 11.3 Å². The standard InChI is InChI=1S/C14H14FN3O2S/c15-9-3-1-2-4-10(9)20-7-11-17-12(8-5-6-8)13(21-11)14(19)18-16/h1-4,8H,5-7,16H2,(H,18,19). The Morgan fingerprint density at radius 1 is 1.48 bits per heavy atom. The van der Waals surface area contributed by atoms with Gasteiger partial charge in [-0.1, -0.05) is 12.1 Å². The fraction of sp³-hybridized carbons (Fsp3) is 0.286. The highest BCUT2D eigenvalue weighted by Gasteiger charge is 2.32. The van der Waals surface area contributed by atoms with Gasteiger partial charge in [0.1, 0.15) is 16.5 Å². The van der Waals surface area contributed by atoms with Gasteiger partial charge in [-0.25, -0.2) is 15.2 Å². The number of hydrogen-bond acceptors (Lipinski definition) is 5. The molecule has 0 radical (unpaired) electrons. The number of ether oxygens (including phenoxy) is 1. The highest BCUT2D eigenvalue weighted by molar-refractivity contribution is 7.13. The van der Waals surface area contributed by atoms with E-state index >= 15 is 0 Å². The predicted molar refractivity (Wildman–Crippen MR) is 76.5 cm³/mol. The summed E-state index contributed by atoms with van der Waals surface area (Å²) in [5.41, 5.74) is 2.90. The van der Waals surface area contributed by atoms with E-state index in [9.17, 15) is 9.18 Å². The molecule has 0 aliphatic heterocycles. The number of thiazole rings is 1. The Bertz CT molecular complexity index is 670. The van der Waals surface area contributed by atoms with E-state index in [0.29, 0.717) is 15.8 Å². The minimum atomic E-state index is -0.420. The van der Waals surface area contributed by atoms with Gasteiger partial charge in [-0.2, -0.15) is 0 Å². The smallest absolute Gasteiger partial charge is 0.277 e. The van der Waals surface area contributed by atoms with Gasteiger partial charge in [-0.15, -0.1) is 11.3 Å². The van der Waals surface area contributed by atoms with Crippen LogP contribution in [0.5, 0.6) is 5.75 Å². The van der Waals surface area contributed by atoms with Crippen LogP contribution in [0, 0.1) is 5.82 Å². The van der Waals surface area contributed by atoms with E-state index in [0.717, 1.165) is 18.5 Å². The summed E-state index contributed by atoms with van der Waals surface area (Å²) in [4.78, 5) is 16.7.